The fourth-order valence-electron chi connectivity index (χ4n) is 2.05. The third kappa shape index (κ3) is 4.79. The Balaban J connectivity index is 2.32. The minimum atomic E-state index is -2.60. The van der Waals surface area contributed by atoms with Gasteiger partial charge in [-0.1, -0.05) is 23.9 Å². The number of thioether (sulfide) groups is 1. The number of anilines is 3. The number of hydrogen-bond donors (Lipinski definition) is 1. The molecule has 2 rings (SSSR count). The summed E-state index contributed by atoms with van der Waals surface area (Å²) in [6.07, 6.45) is 1.50. The van der Waals surface area contributed by atoms with E-state index in [1.54, 1.807) is 36.0 Å². The molecule has 2 aromatic rings. The first-order valence-corrected chi connectivity index (χ1v) is 8.24. The minimum absolute atomic E-state index is 0.175. The summed E-state index contributed by atoms with van der Waals surface area (Å²) < 4.78 is 25.4. The molecule has 1 N–H and O–H groups in total. The lowest BCUT2D eigenvalue weighted by Gasteiger charge is -2.19. The van der Waals surface area contributed by atoms with Crippen LogP contribution in [0.1, 0.15) is 10.4 Å². The number of amides is 1. The quantitative estimate of drug-likeness (QED) is 0.792. The van der Waals surface area contributed by atoms with Crippen LogP contribution in [0.2, 0.25) is 0 Å². The Morgan fingerprint density at radius 3 is 2.44 bits per heavy atom. The fraction of sp³-hybridized carbons (Fsp3) is 0.312. The van der Waals surface area contributed by atoms with Crippen molar-refractivity contribution >= 4 is 35.1 Å². The van der Waals surface area contributed by atoms with Gasteiger partial charge >= 0.3 is 0 Å². The van der Waals surface area contributed by atoms with Crippen LogP contribution in [-0.4, -0.2) is 49.8 Å². The van der Waals surface area contributed by atoms with Crippen molar-refractivity contribution in [3.63, 3.8) is 0 Å². The molecule has 0 fully saturated rings. The van der Waals surface area contributed by atoms with Crippen molar-refractivity contribution in [3.8, 4) is 0 Å². The Hall–Kier alpha value is -2.42. The van der Waals surface area contributed by atoms with Crippen LogP contribution in [0.5, 0.6) is 0 Å². The summed E-state index contributed by atoms with van der Waals surface area (Å²) >= 11 is 0.338. The molecule has 1 heterocycles. The largest absolute Gasteiger partial charge is 0.361 e. The Morgan fingerprint density at radius 2 is 1.84 bits per heavy atom. The van der Waals surface area contributed by atoms with E-state index in [0.29, 0.717) is 29.2 Å². The highest BCUT2D eigenvalue weighted by molar-refractivity contribution is 7.99. The molecule has 0 aliphatic carbocycles. The van der Waals surface area contributed by atoms with Crippen LogP contribution in [0, 0.1) is 0 Å². The molecule has 0 saturated heterocycles. The predicted molar refractivity (Wildman–Crippen MR) is 96.9 cm³/mol. The van der Waals surface area contributed by atoms with E-state index in [2.05, 4.69) is 15.3 Å². The summed E-state index contributed by atoms with van der Waals surface area (Å²) in [5, 5.41) is 2.71. The zero-order chi connectivity index (χ0) is 18.6. The number of alkyl halides is 2. The van der Waals surface area contributed by atoms with Crippen LogP contribution >= 0.6 is 11.8 Å². The number of carbonyl (C=O) groups excluding carboxylic acids is 1. The van der Waals surface area contributed by atoms with E-state index in [-0.39, 0.29) is 10.5 Å². The second-order valence-electron chi connectivity index (χ2n) is 5.52. The molecule has 1 aromatic heterocycles. The summed E-state index contributed by atoms with van der Waals surface area (Å²) in [6, 6.07) is 6.24. The first kappa shape index (κ1) is 18.9. The molecule has 0 atom stereocenters. The van der Waals surface area contributed by atoms with Gasteiger partial charge in [-0.15, -0.1) is 0 Å². The maximum atomic E-state index is 12.7. The van der Waals surface area contributed by atoms with Gasteiger partial charge in [-0.3, -0.25) is 4.79 Å². The number of aromatic nitrogens is 2. The molecule has 0 bridgehead atoms. The number of benzene rings is 1. The molecule has 0 aliphatic rings. The molecular weight excluding hydrogens is 348 g/mol. The zero-order valence-electron chi connectivity index (χ0n) is 14.3. The summed E-state index contributed by atoms with van der Waals surface area (Å²) in [5.74, 6) is -2.08. The van der Waals surface area contributed by atoms with Gasteiger partial charge in [-0.2, -0.15) is 13.8 Å². The molecule has 0 aliphatic heterocycles. The van der Waals surface area contributed by atoms with Gasteiger partial charge in [-0.05, 0) is 12.1 Å². The highest BCUT2D eigenvalue weighted by Crippen LogP contribution is 2.30. The Morgan fingerprint density at radius 1 is 1.16 bits per heavy atom. The van der Waals surface area contributed by atoms with Crippen LogP contribution in [-0.2, 0) is 0 Å². The summed E-state index contributed by atoms with van der Waals surface area (Å²) in [5.41, 5.74) is 0.576. The average Bonchev–Trinajstić information content (AvgIpc) is 2.54. The molecule has 0 radical (unpaired) electrons. The van der Waals surface area contributed by atoms with E-state index >= 15 is 0 Å². The molecule has 1 amide bonds. The number of nitrogens with one attached hydrogen (secondary N) is 1. The number of nitrogens with zero attached hydrogens (tertiary/aromatic N) is 4. The second kappa shape index (κ2) is 8.11. The molecule has 25 heavy (non-hydrogen) atoms. The molecule has 0 unspecified atom stereocenters. The van der Waals surface area contributed by atoms with E-state index < -0.39 is 11.7 Å². The van der Waals surface area contributed by atoms with Crippen LogP contribution in [0.25, 0.3) is 0 Å². The fourth-order valence-corrected chi connectivity index (χ4v) is 2.69. The lowest BCUT2D eigenvalue weighted by Crippen LogP contribution is -2.21. The van der Waals surface area contributed by atoms with Gasteiger partial charge < -0.3 is 15.1 Å². The Labute approximate surface area is 149 Å². The van der Waals surface area contributed by atoms with E-state index in [9.17, 15) is 13.6 Å². The lowest BCUT2D eigenvalue weighted by molar-refractivity contribution is 0.102. The molecule has 134 valence electrons. The normalized spacial score (nSPS) is 10.7. The third-order valence-electron chi connectivity index (χ3n) is 3.18. The van der Waals surface area contributed by atoms with Crippen molar-refractivity contribution in [1.29, 1.82) is 0 Å². The lowest BCUT2D eigenvalue weighted by atomic mass is 10.2. The molecule has 0 saturated carbocycles. The Kier molecular flexibility index (Phi) is 6.13. The smallest absolute Gasteiger partial charge is 0.288 e. The summed E-state index contributed by atoms with van der Waals surface area (Å²) in [4.78, 5) is 24.8. The number of carbonyl (C=O) groups is 1. The van der Waals surface area contributed by atoms with Gasteiger partial charge in [0.05, 0.1) is 11.8 Å². The van der Waals surface area contributed by atoms with Gasteiger partial charge in [-0.25, -0.2) is 4.98 Å². The van der Waals surface area contributed by atoms with Gasteiger partial charge in [0.15, 0.2) is 5.82 Å². The highest BCUT2D eigenvalue weighted by Gasteiger charge is 2.18. The molecule has 0 spiro atoms. The topological polar surface area (TPSA) is 61.4 Å². The van der Waals surface area contributed by atoms with Crippen molar-refractivity contribution in [2.24, 2.45) is 0 Å². The summed E-state index contributed by atoms with van der Waals surface area (Å²) in [6.45, 7) is 0. The third-order valence-corrected chi connectivity index (χ3v) is 3.96. The van der Waals surface area contributed by atoms with Crippen molar-refractivity contribution in [2.45, 2.75) is 10.7 Å². The van der Waals surface area contributed by atoms with E-state index in [0.717, 1.165) is 0 Å². The van der Waals surface area contributed by atoms with Crippen LogP contribution in [0.3, 0.4) is 0 Å². The van der Waals surface area contributed by atoms with Gasteiger partial charge in [0.2, 0.25) is 5.95 Å². The Bertz CT molecular complexity index is 755. The molecular formula is C16H19F2N5OS. The first-order valence-electron chi connectivity index (χ1n) is 7.36. The van der Waals surface area contributed by atoms with Crippen molar-refractivity contribution < 1.29 is 13.6 Å². The van der Waals surface area contributed by atoms with E-state index in [1.165, 1.54) is 18.3 Å². The molecule has 1 aromatic carbocycles. The average molecular weight is 367 g/mol. The predicted octanol–water partition coefficient (Wildman–Crippen LogP) is 3.18. The second-order valence-corrected chi connectivity index (χ2v) is 6.56. The first-order chi connectivity index (χ1) is 11.8. The van der Waals surface area contributed by atoms with Gasteiger partial charge in [0.1, 0.15) is 5.69 Å². The van der Waals surface area contributed by atoms with Gasteiger partial charge in [0, 0.05) is 33.1 Å². The monoisotopic (exact) mass is 367 g/mol. The molecule has 9 heteroatoms. The van der Waals surface area contributed by atoms with Crippen LogP contribution < -0.4 is 15.1 Å². The number of rotatable bonds is 6. The zero-order valence-corrected chi connectivity index (χ0v) is 15.1. The SMILES string of the molecule is CN(C)c1ncc(NC(=O)c2ccccc2SC(F)F)c(N(C)C)n1. The van der Waals surface area contributed by atoms with Crippen LogP contribution in [0.15, 0.2) is 35.4 Å². The van der Waals surface area contributed by atoms with Crippen molar-refractivity contribution in [3.05, 3.63) is 36.0 Å². The van der Waals surface area contributed by atoms with E-state index in [1.807, 2.05) is 14.1 Å². The molecule has 6 nitrogen and oxygen atoms in total. The van der Waals surface area contributed by atoms with Crippen molar-refractivity contribution in [2.75, 3.05) is 43.3 Å². The van der Waals surface area contributed by atoms with Crippen molar-refractivity contribution in [1.82, 2.24) is 9.97 Å². The number of hydrogen-bond acceptors (Lipinski definition) is 6. The maximum Gasteiger partial charge on any atom is 0.288 e. The van der Waals surface area contributed by atoms with Gasteiger partial charge in [0.25, 0.3) is 11.7 Å². The number of halogens is 2. The van der Waals surface area contributed by atoms with Crippen LogP contribution in [0.4, 0.5) is 26.2 Å². The highest BCUT2D eigenvalue weighted by atomic mass is 32.2. The standard InChI is InChI=1S/C16H19F2N5OS/c1-22(2)13-11(9-19-16(21-13)23(3)4)20-14(24)10-7-5-6-8-12(10)25-15(17)18/h5-9,15H,1-4H3,(H,20,24). The summed E-state index contributed by atoms with van der Waals surface area (Å²) in [7, 11) is 7.20. The van der Waals surface area contributed by atoms with E-state index in [4.69, 9.17) is 0 Å². The maximum absolute atomic E-state index is 12.7. The minimum Gasteiger partial charge on any atom is -0.361 e.